The minimum absolute atomic E-state index is 0.216. The van der Waals surface area contributed by atoms with Gasteiger partial charge in [0.15, 0.2) is 0 Å². The van der Waals surface area contributed by atoms with E-state index < -0.39 is 0 Å². The monoisotopic (exact) mass is 331 g/mol. The van der Waals surface area contributed by atoms with Crippen LogP contribution < -0.4 is 10.6 Å². The van der Waals surface area contributed by atoms with Crippen molar-refractivity contribution >= 4 is 5.91 Å². The van der Waals surface area contributed by atoms with Gasteiger partial charge < -0.3 is 15.2 Å². The molecule has 24 heavy (non-hydrogen) atoms. The molecule has 4 rings (SSSR count). The van der Waals surface area contributed by atoms with Crippen LogP contribution in [-0.2, 0) is 11.3 Å². The molecule has 1 aromatic heterocycles. The predicted molar refractivity (Wildman–Crippen MR) is 92.6 cm³/mol. The number of aryl methyl sites for hydroxylation is 1. The smallest absolute Gasteiger partial charge is 0.229 e. The van der Waals surface area contributed by atoms with Gasteiger partial charge in [-0.25, -0.2) is 4.98 Å². The minimum atomic E-state index is -0.216. The van der Waals surface area contributed by atoms with Crippen molar-refractivity contribution in [1.29, 1.82) is 0 Å². The molecule has 2 N–H and O–H groups in total. The summed E-state index contributed by atoms with van der Waals surface area (Å²) in [5.41, 5.74) is -0.216. The Morgan fingerprint density at radius 2 is 2.29 bits per heavy atom. The van der Waals surface area contributed by atoms with Gasteiger partial charge in [-0.1, -0.05) is 12.8 Å². The maximum atomic E-state index is 13.0. The first-order chi connectivity index (χ1) is 11.7. The zero-order valence-electron chi connectivity index (χ0n) is 14.6. The Morgan fingerprint density at radius 1 is 1.46 bits per heavy atom. The van der Waals surface area contributed by atoms with Crippen molar-refractivity contribution in [3.05, 3.63) is 18.2 Å². The van der Waals surface area contributed by atoms with Gasteiger partial charge in [-0.2, -0.15) is 0 Å². The normalized spacial score (nSPS) is 30.8. The number of fused-ring (bicyclic) bond motifs is 1. The van der Waals surface area contributed by atoms with E-state index in [-0.39, 0.29) is 11.3 Å². The molecule has 1 aliphatic carbocycles. The second kappa shape index (κ2) is 6.48. The lowest BCUT2D eigenvalue weighted by atomic mass is 9.80. The van der Waals surface area contributed by atoms with Gasteiger partial charge in [0.25, 0.3) is 0 Å². The summed E-state index contributed by atoms with van der Waals surface area (Å²) in [5, 5.41) is 6.68. The molecular formula is C18H29N5O. The summed E-state index contributed by atoms with van der Waals surface area (Å²) < 4.78 is 2.09. The van der Waals surface area contributed by atoms with Crippen molar-refractivity contribution < 1.29 is 4.79 Å². The van der Waals surface area contributed by atoms with Crippen LogP contribution >= 0.6 is 0 Å². The van der Waals surface area contributed by atoms with Crippen LogP contribution in [0.3, 0.4) is 0 Å². The molecule has 132 valence electrons. The fourth-order valence-electron chi connectivity index (χ4n) is 4.93. The van der Waals surface area contributed by atoms with E-state index in [4.69, 9.17) is 0 Å². The number of aromatic nitrogens is 2. The molecule has 2 aliphatic heterocycles. The van der Waals surface area contributed by atoms with Crippen molar-refractivity contribution in [2.24, 2.45) is 11.3 Å². The van der Waals surface area contributed by atoms with E-state index in [1.54, 1.807) is 0 Å². The largest absolute Gasteiger partial charge is 0.354 e. The van der Waals surface area contributed by atoms with Gasteiger partial charge in [-0.3, -0.25) is 9.69 Å². The number of carbonyl (C=O) groups excluding carboxylic acids is 1. The maximum Gasteiger partial charge on any atom is 0.229 e. The van der Waals surface area contributed by atoms with Crippen LogP contribution in [0.25, 0.3) is 0 Å². The maximum absolute atomic E-state index is 13.0. The molecule has 3 heterocycles. The third-order valence-electron chi connectivity index (χ3n) is 6.41. The van der Waals surface area contributed by atoms with Crippen molar-refractivity contribution in [2.45, 2.75) is 45.2 Å². The van der Waals surface area contributed by atoms with E-state index in [0.29, 0.717) is 18.5 Å². The molecule has 3 fully saturated rings. The molecule has 2 atom stereocenters. The predicted octanol–water partition coefficient (Wildman–Crippen LogP) is 0.772. The number of likely N-dealkylation sites (tertiary alicyclic amines) is 1. The Labute approximate surface area is 144 Å². The number of carbonyl (C=O) groups is 1. The molecule has 0 unspecified atom stereocenters. The first-order valence-corrected chi connectivity index (χ1v) is 9.40. The summed E-state index contributed by atoms with van der Waals surface area (Å²) >= 11 is 0. The number of hydrogen-bond acceptors (Lipinski definition) is 4. The topological polar surface area (TPSA) is 62.2 Å². The summed E-state index contributed by atoms with van der Waals surface area (Å²) in [5.74, 6) is 1.71. The van der Waals surface area contributed by atoms with E-state index in [1.807, 2.05) is 19.3 Å². The van der Waals surface area contributed by atoms with Crippen LogP contribution in [0.15, 0.2) is 12.4 Å². The highest BCUT2D eigenvalue weighted by molar-refractivity contribution is 5.84. The van der Waals surface area contributed by atoms with E-state index in [0.717, 1.165) is 38.5 Å². The van der Waals surface area contributed by atoms with Crippen LogP contribution in [0, 0.1) is 18.3 Å². The highest BCUT2D eigenvalue weighted by Crippen LogP contribution is 2.42. The first kappa shape index (κ1) is 16.1. The highest BCUT2D eigenvalue weighted by atomic mass is 16.2. The van der Waals surface area contributed by atoms with Gasteiger partial charge in [0.1, 0.15) is 5.82 Å². The number of amides is 1. The van der Waals surface area contributed by atoms with Gasteiger partial charge in [-0.15, -0.1) is 0 Å². The molecule has 1 amide bonds. The summed E-state index contributed by atoms with van der Waals surface area (Å²) in [6.45, 7) is 7.30. The third-order valence-corrected chi connectivity index (χ3v) is 6.41. The van der Waals surface area contributed by atoms with E-state index >= 15 is 0 Å². The summed E-state index contributed by atoms with van der Waals surface area (Å²) in [6, 6.07) is 0.717. The Kier molecular flexibility index (Phi) is 4.35. The van der Waals surface area contributed by atoms with Crippen molar-refractivity contribution in [2.75, 3.05) is 32.7 Å². The lowest BCUT2D eigenvalue weighted by Crippen LogP contribution is -2.48. The molecule has 1 aromatic rings. The third kappa shape index (κ3) is 2.75. The molecule has 6 nitrogen and oxygen atoms in total. The van der Waals surface area contributed by atoms with Crippen LogP contribution in [0.2, 0.25) is 0 Å². The Hall–Kier alpha value is -1.40. The number of imidazole rings is 1. The van der Waals surface area contributed by atoms with E-state index in [2.05, 4.69) is 25.1 Å². The molecule has 3 aliphatic rings. The average molecular weight is 331 g/mol. The fourth-order valence-corrected chi connectivity index (χ4v) is 4.93. The summed E-state index contributed by atoms with van der Waals surface area (Å²) in [6.07, 6.45) is 9.12. The highest BCUT2D eigenvalue weighted by Gasteiger charge is 2.55. The lowest BCUT2D eigenvalue weighted by Gasteiger charge is -2.29. The quantitative estimate of drug-likeness (QED) is 0.837. The number of nitrogens with one attached hydrogen (secondary N) is 2. The Morgan fingerprint density at radius 3 is 3.04 bits per heavy atom. The molecule has 6 heteroatoms. The molecule has 1 saturated carbocycles. The van der Waals surface area contributed by atoms with Gasteiger partial charge in [-0.05, 0) is 19.8 Å². The van der Waals surface area contributed by atoms with Crippen molar-refractivity contribution in [3.8, 4) is 0 Å². The lowest BCUT2D eigenvalue weighted by molar-refractivity contribution is -0.130. The minimum Gasteiger partial charge on any atom is -0.354 e. The molecule has 0 radical (unpaired) electrons. The summed E-state index contributed by atoms with van der Waals surface area (Å²) in [7, 11) is 0. The van der Waals surface area contributed by atoms with Crippen molar-refractivity contribution in [3.63, 3.8) is 0 Å². The second-order valence-electron chi connectivity index (χ2n) is 7.78. The van der Waals surface area contributed by atoms with Gasteiger partial charge in [0.05, 0.1) is 5.41 Å². The Balaban J connectivity index is 1.37. The number of hydrogen-bond donors (Lipinski definition) is 2. The molecule has 2 saturated heterocycles. The number of nitrogens with zero attached hydrogens (tertiary/aromatic N) is 3. The number of rotatable bonds is 5. The van der Waals surface area contributed by atoms with E-state index in [9.17, 15) is 4.79 Å². The SMILES string of the molecule is Cc1nccn1CCNC(=O)[C@@]12CNC[C@@H]1CN(C1CCCC1)C2. The van der Waals surface area contributed by atoms with Crippen LogP contribution in [0.4, 0.5) is 0 Å². The average Bonchev–Trinajstić information content (AvgIpc) is 3.30. The Bertz CT molecular complexity index is 594. The molecule has 0 bridgehead atoms. The van der Waals surface area contributed by atoms with Crippen LogP contribution in [-0.4, -0.2) is 59.1 Å². The fraction of sp³-hybridized carbons (Fsp3) is 0.778. The van der Waals surface area contributed by atoms with Gasteiger partial charge in [0.2, 0.25) is 5.91 Å². The second-order valence-corrected chi connectivity index (χ2v) is 7.78. The van der Waals surface area contributed by atoms with Crippen molar-refractivity contribution in [1.82, 2.24) is 25.1 Å². The summed E-state index contributed by atoms with van der Waals surface area (Å²) in [4.78, 5) is 19.9. The van der Waals surface area contributed by atoms with Gasteiger partial charge in [0, 0.05) is 63.6 Å². The van der Waals surface area contributed by atoms with Crippen LogP contribution in [0.5, 0.6) is 0 Å². The van der Waals surface area contributed by atoms with E-state index in [1.165, 1.54) is 25.7 Å². The molecule has 0 aromatic carbocycles. The zero-order chi connectivity index (χ0) is 16.6. The van der Waals surface area contributed by atoms with Crippen LogP contribution in [0.1, 0.15) is 31.5 Å². The zero-order valence-corrected chi connectivity index (χ0v) is 14.6. The molecule has 0 spiro atoms. The standard InChI is InChI=1S/C18H29N5O/c1-14-20-6-8-22(14)9-7-21-17(24)18-12-19-10-15(18)11-23(13-18)16-4-2-3-5-16/h6,8,15-16,19H,2-5,7,9-13H2,1H3,(H,21,24)/t15-,18-/m1/s1. The van der Waals surface area contributed by atoms with Gasteiger partial charge >= 0.3 is 0 Å². The molecular weight excluding hydrogens is 302 g/mol. The first-order valence-electron chi connectivity index (χ1n) is 9.40.